The summed E-state index contributed by atoms with van der Waals surface area (Å²) in [6.07, 6.45) is -0.880. The highest BCUT2D eigenvalue weighted by Crippen LogP contribution is 2.17. The van der Waals surface area contributed by atoms with Gasteiger partial charge in [0.15, 0.2) is 0 Å². The number of rotatable bonds is 6. The monoisotopic (exact) mass is 285 g/mol. The maximum Gasteiger partial charge on any atom is 0.223 e. The fraction of sp³-hybridized carbons (Fsp3) is 0.235. The van der Waals surface area contributed by atoms with Crippen LogP contribution in [0.2, 0.25) is 0 Å². The van der Waals surface area contributed by atoms with Crippen LogP contribution in [-0.2, 0) is 4.79 Å². The second-order valence-corrected chi connectivity index (χ2v) is 4.84. The van der Waals surface area contributed by atoms with Crippen molar-refractivity contribution in [3.8, 4) is 0 Å². The SMILES string of the molecule is O=C(CC(O)c1ccccc1)N[C@H](CO)c1ccccc1. The van der Waals surface area contributed by atoms with Crippen LogP contribution in [0.1, 0.15) is 29.7 Å². The molecule has 0 aliphatic rings. The molecule has 0 bridgehead atoms. The Bertz CT molecular complexity index is 557. The highest BCUT2D eigenvalue weighted by molar-refractivity contribution is 5.77. The second kappa shape index (κ2) is 7.57. The summed E-state index contributed by atoms with van der Waals surface area (Å²) in [5.41, 5.74) is 1.54. The third kappa shape index (κ3) is 4.41. The number of nitrogens with one attached hydrogen (secondary N) is 1. The van der Waals surface area contributed by atoms with E-state index >= 15 is 0 Å². The number of aliphatic hydroxyl groups is 2. The highest BCUT2D eigenvalue weighted by atomic mass is 16.3. The Labute approximate surface area is 124 Å². The molecule has 1 amide bonds. The van der Waals surface area contributed by atoms with Gasteiger partial charge in [0.25, 0.3) is 0 Å². The van der Waals surface area contributed by atoms with Gasteiger partial charge in [0, 0.05) is 0 Å². The van der Waals surface area contributed by atoms with Crippen LogP contribution in [0.25, 0.3) is 0 Å². The minimum Gasteiger partial charge on any atom is -0.394 e. The van der Waals surface area contributed by atoms with Gasteiger partial charge < -0.3 is 15.5 Å². The second-order valence-electron chi connectivity index (χ2n) is 4.84. The standard InChI is InChI=1S/C17H19NO3/c19-12-15(13-7-3-1-4-8-13)18-17(21)11-16(20)14-9-5-2-6-10-14/h1-10,15-16,19-20H,11-12H2,(H,18,21)/t15-,16?/m1/s1. The molecule has 0 aliphatic heterocycles. The molecule has 0 saturated carbocycles. The summed E-state index contributed by atoms with van der Waals surface area (Å²) < 4.78 is 0. The van der Waals surface area contributed by atoms with Crippen molar-refractivity contribution < 1.29 is 15.0 Å². The Morgan fingerprint density at radius 2 is 1.48 bits per heavy atom. The van der Waals surface area contributed by atoms with E-state index in [1.807, 2.05) is 48.5 Å². The number of aliphatic hydroxyl groups excluding tert-OH is 2. The molecule has 2 aromatic rings. The fourth-order valence-electron chi connectivity index (χ4n) is 2.14. The van der Waals surface area contributed by atoms with E-state index in [1.54, 1.807) is 12.1 Å². The summed E-state index contributed by atoms with van der Waals surface area (Å²) in [6, 6.07) is 17.8. The van der Waals surface area contributed by atoms with E-state index in [4.69, 9.17) is 0 Å². The summed E-state index contributed by atoms with van der Waals surface area (Å²) in [7, 11) is 0. The topological polar surface area (TPSA) is 69.6 Å². The molecule has 0 fully saturated rings. The van der Waals surface area contributed by atoms with E-state index in [0.29, 0.717) is 5.56 Å². The number of amides is 1. The van der Waals surface area contributed by atoms with Crippen LogP contribution in [0.3, 0.4) is 0 Å². The van der Waals surface area contributed by atoms with Gasteiger partial charge in [0.05, 0.1) is 25.2 Å². The molecule has 4 nitrogen and oxygen atoms in total. The van der Waals surface area contributed by atoms with Crippen molar-refractivity contribution >= 4 is 5.91 Å². The van der Waals surface area contributed by atoms with E-state index in [2.05, 4.69) is 5.32 Å². The zero-order chi connectivity index (χ0) is 15.1. The summed E-state index contributed by atoms with van der Waals surface area (Å²) in [5, 5.41) is 22.2. The quantitative estimate of drug-likeness (QED) is 0.760. The summed E-state index contributed by atoms with van der Waals surface area (Å²) in [6.45, 7) is -0.183. The van der Waals surface area contributed by atoms with Crippen molar-refractivity contribution in [3.05, 3.63) is 71.8 Å². The van der Waals surface area contributed by atoms with Crippen LogP contribution in [-0.4, -0.2) is 22.7 Å². The van der Waals surface area contributed by atoms with Crippen molar-refractivity contribution in [2.24, 2.45) is 0 Å². The lowest BCUT2D eigenvalue weighted by Gasteiger charge is -2.18. The maximum absolute atomic E-state index is 12.0. The molecule has 2 atom stereocenters. The minimum atomic E-state index is -0.846. The first kappa shape index (κ1) is 15.2. The molecule has 0 radical (unpaired) electrons. The van der Waals surface area contributed by atoms with E-state index in [0.717, 1.165) is 5.56 Å². The van der Waals surface area contributed by atoms with Gasteiger partial charge in [-0.1, -0.05) is 60.7 Å². The summed E-state index contributed by atoms with van der Waals surface area (Å²) in [5.74, 6) is -0.297. The smallest absolute Gasteiger partial charge is 0.223 e. The minimum absolute atomic E-state index is 0.0344. The first-order valence-corrected chi connectivity index (χ1v) is 6.89. The van der Waals surface area contributed by atoms with Gasteiger partial charge in [-0.25, -0.2) is 0 Å². The predicted molar refractivity (Wildman–Crippen MR) is 80.4 cm³/mol. The van der Waals surface area contributed by atoms with E-state index in [9.17, 15) is 15.0 Å². The molecule has 3 N–H and O–H groups in total. The average molecular weight is 285 g/mol. The van der Waals surface area contributed by atoms with E-state index in [1.165, 1.54) is 0 Å². The predicted octanol–water partition coefficient (Wildman–Crippen LogP) is 1.96. The van der Waals surface area contributed by atoms with Crippen LogP contribution >= 0.6 is 0 Å². The highest BCUT2D eigenvalue weighted by Gasteiger charge is 2.17. The molecule has 0 saturated heterocycles. The number of hydrogen-bond donors (Lipinski definition) is 3. The van der Waals surface area contributed by atoms with E-state index in [-0.39, 0.29) is 18.9 Å². The third-order valence-corrected chi connectivity index (χ3v) is 3.28. The Morgan fingerprint density at radius 1 is 0.952 bits per heavy atom. The lowest BCUT2D eigenvalue weighted by atomic mass is 10.0. The molecule has 2 rings (SSSR count). The molecule has 110 valence electrons. The van der Waals surface area contributed by atoms with Gasteiger partial charge in [-0.15, -0.1) is 0 Å². The summed E-state index contributed by atoms with van der Waals surface area (Å²) in [4.78, 5) is 12.0. The molecular formula is C17H19NO3. The average Bonchev–Trinajstić information content (AvgIpc) is 2.54. The lowest BCUT2D eigenvalue weighted by Crippen LogP contribution is -2.31. The Morgan fingerprint density at radius 3 is 2.00 bits per heavy atom. The molecular weight excluding hydrogens is 266 g/mol. The van der Waals surface area contributed by atoms with Crippen molar-refractivity contribution in [3.63, 3.8) is 0 Å². The van der Waals surface area contributed by atoms with Gasteiger partial charge in [-0.3, -0.25) is 4.79 Å². The fourth-order valence-corrected chi connectivity index (χ4v) is 2.14. The van der Waals surface area contributed by atoms with Gasteiger partial charge in [0.1, 0.15) is 0 Å². The van der Waals surface area contributed by atoms with Gasteiger partial charge >= 0.3 is 0 Å². The van der Waals surface area contributed by atoms with Crippen LogP contribution < -0.4 is 5.32 Å². The third-order valence-electron chi connectivity index (χ3n) is 3.28. The molecule has 4 heteroatoms. The summed E-state index contributed by atoms with van der Waals surface area (Å²) >= 11 is 0. The molecule has 0 aromatic heterocycles. The lowest BCUT2D eigenvalue weighted by molar-refractivity contribution is -0.124. The zero-order valence-electron chi connectivity index (χ0n) is 11.6. The van der Waals surface area contributed by atoms with Crippen molar-refractivity contribution in [2.45, 2.75) is 18.6 Å². The van der Waals surface area contributed by atoms with Gasteiger partial charge in [-0.2, -0.15) is 0 Å². The Balaban J connectivity index is 1.94. The molecule has 0 aliphatic carbocycles. The van der Waals surface area contributed by atoms with Crippen molar-refractivity contribution in [1.82, 2.24) is 5.32 Å². The van der Waals surface area contributed by atoms with Crippen LogP contribution in [0.4, 0.5) is 0 Å². The largest absolute Gasteiger partial charge is 0.394 e. The van der Waals surface area contributed by atoms with Crippen LogP contribution in [0, 0.1) is 0 Å². The van der Waals surface area contributed by atoms with Gasteiger partial charge in [0.2, 0.25) is 5.91 Å². The first-order valence-electron chi connectivity index (χ1n) is 6.89. The van der Waals surface area contributed by atoms with E-state index < -0.39 is 12.1 Å². The maximum atomic E-state index is 12.0. The Kier molecular flexibility index (Phi) is 5.49. The molecule has 0 spiro atoms. The van der Waals surface area contributed by atoms with Crippen molar-refractivity contribution in [2.75, 3.05) is 6.61 Å². The molecule has 21 heavy (non-hydrogen) atoms. The zero-order valence-corrected chi connectivity index (χ0v) is 11.6. The Hall–Kier alpha value is -2.17. The van der Waals surface area contributed by atoms with Crippen LogP contribution in [0.15, 0.2) is 60.7 Å². The van der Waals surface area contributed by atoms with Crippen molar-refractivity contribution in [1.29, 1.82) is 0 Å². The van der Waals surface area contributed by atoms with Crippen LogP contribution in [0.5, 0.6) is 0 Å². The normalized spacial score (nSPS) is 13.4. The first-order chi connectivity index (χ1) is 10.2. The number of hydrogen-bond acceptors (Lipinski definition) is 3. The number of benzene rings is 2. The van der Waals surface area contributed by atoms with Gasteiger partial charge in [-0.05, 0) is 11.1 Å². The number of carbonyl (C=O) groups excluding carboxylic acids is 1. The molecule has 0 heterocycles. The molecule has 1 unspecified atom stereocenters. The number of carbonyl (C=O) groups is 1. The molecule has 2 aromatic carbocycles.